The van der Waals surface area contributed by atoms with E-state index in [0.29, 0.717) is 24.0 Å². The Balaban J connectivity index is 1.56. The fourth-order valence-electron chi connectivity index (χ4n) is 2.79. The van der Waals surface area contributed by atoms with Crippen LogP contribution in [0.25, 0.3) is 11.1 Å². The van der Waals surface area contributed by atoms with Crippen molar-refractivity contribution >= 4 is 46.3 Å². The van der Waals surface area contributed by atoms with Crippen LogP contribution < -0.4 is 0 Å². The predicted molar refractivity (Wildman–Crippen MR) is 92.5 cm³/mol. The second kappa shape index (κ2) is 7.44. The van der Waals surface area contributed by atoms with Crippen molar-refractivity contribution in [3.05, 3.63) is 29.1 Å². The quantitative estimate of drug-likeness (QED) is 0.873. The number of carbonyl (C=O) groups excluding carboxylic acids is 1. The van der Waals surface area contributed by atoms with Crippen LogP contribution in [0.5, 0.6) is 0 Å². The van der Waals surface area contributed by atoms with Gasteiger partial charge in [-0.15, -0.1) is 11.8 Å². The lowest BCUT2D eigenvalue weighted by Crippen LogP contribution is -2.39. The van der Waals surface area contributed by atoms with Crippen LogP contribution in [0, 0.1) is 0 Å². The molecule has 1 amide bonds. The molecule has 0 unspecified atom stereocenters. The lowest BCUT2D eigenvalue weighted by molar-refractivity contribution is -0.133. The van der Waals surface area contributed by atoms with Crippen molar-refractivity contribution < 1.29 is 19.1 Å². The molecule has 0 radical (unpaired) electrons. The van der Waals surface area contributed by atoms with Crippen molar-refractivity contribution in [3.8, 4) is 0 Å². The number of aliphatic carboxylic acids is 1. The fraction of sp³-hybridized carbons (Fsp3) is 0.438. The first-order chi connectivity index (χ1) is 11.5. The molecule has 6 nitrogen and oxygen atoms in total. The topological polar surface area (TPSA) is 83.6 Å². The van der Waals surface area contributed by atoms with Crippen LogP contribution in [0.1, 0.15) is 24.7 Å². The molecule has 1 aliphatic rings. The van der Waals surface area contributed by atoms with E-state index in [4.69, 9.17) is 21.1 Å². The van der Waals surface area contributed by atoms with Gasteiger partial charge in [0.15, 0.2) is 11.5 Å². The van der Waals surface area contributed by atoms with Gasteiger partial charge in [-0.05, 0) is 31.0 Å². The Bertz CT molecular complexity index is 756. The largest absolute Gasteiger partial charge is 0.481 e. The summed E-state index contributed by atoms with van der Waals surface area (Å²) in [5.74, 6) is 0.129. The van der Waals surface area contributed by atoms with Crippen molar-refractivity contribution in [2.75, 3.05) is 24.6 Å². The smallest absolute Gasteiger partial charge is 0.313 e. The third-order valence-corrected chi connectivity index (χ3v) is 5.15. The van der Waals surface area contributed by atoms with Crippen LogP contribution >= 0.6 is 23.4 Å². The molecule has 1 aromatic carbocycles. The molecule has 1 N–H and O–H groups in total. The Hall–Kier alpha value is -1.73. The second-order valence-corrected chi connectivity index (χ2v) is 7.13. The average Bonchev–Trinajstić information content (AvgIpc) is 2.97. The van der Waals surface area contributed by atoms with Gasteiger partial charge in [-0.25, -0.2) is 4.98 Å². The highest BCUT2D eigenvalue weighted by Crippen LogP contribution is 2.31. The predicted octanol–water partition coefficient (Wildman–Crippen LogP) is 3.01. The number of benzene rings is 1. The Morgan fingerprint density at radius 2 is 2.08 bits per heavy atom. The number of nitrogens with zero attached hydrogens (tertiary/aromatic N) is 2. The van der Waals surface area contributed by atoms with Crippen LogP contribution in [0.2, 0.25) is 5.02 Å². The van der Waals surface area contributed by atoms with Gasteiger partial charge in [-0.1, -0.05) is 11.6 Å². The van der Waals surface area contributed by atoms with Gasteiger partial charge >= 0.3 is 5.97 Å². The number of aromatic nitrogens is 1. The summed E-state index contributed by atoms with van der Waals surface area (Å²) in [6.07, 6.45) is 1.58. The minimum atomic E-state index is -0.900. The molecule has 1 aromatic heterocycles. The molecule has 0 spiro atoms. The van der Waals surface area contributed by atoms with Gasteiger partial charge in [0.2, 0.25) is 5.91 Å². The molecule has 0 saturated carbocycles. The van der Waals surface area contributed by atoms with E-state index in [1.165, 1.54) is 0 Å². The summed E-state index contributed by atoms with van der Waals surface area (Å²) in [6.45, 7) is 1.27. The zero-order chi connectivity index (χ0) is 17.1. The molecule has 2 heterocycles. The van der Waals surface area contributed by atoms with Gasteiger partial charge in [0.25, 0.3) is 0 Å². The van der Waals surface area contributed by atoms with Gasteiger partial charge < -0.3 is 14.4 Å². The van der Waals surface area contributed by atoms with Gasteiger partial charge in [-0.3, -0.25) is 9.59 Å². The highest BCUT2D eigenvalue weighted by molar-refractivity contribution is 8.00. The number of piperidine rings is 1. The number of halogens is 1. The molecule has 0 aliphatic carbocycles. The Labute approximate surface area is 148 Å². The average molecular weight is 369 g/mol. The van der Waals surface area contributed by atoms with Crippen LogP contribution in [0.4, 0.5) is 0 Å². The SMILES string of the molecule is O=C(O)CSCC(=O)N1CCC(c2nc3cc(Cl)ccc3o2)CC1. The first-order valence-electron chi connectivity index (χ1n) is 7.66. The van der Waals surface area contributed by atoms with Crippen molar-refractivity contribution in [2.24, 2.45) is 0 Å². The maximum Gasteiger partial charge on any atom is 0.313 e. The van der Waals surface area contributed by atoms with Crippen molar-refractivity contribution in [3.63, 3.8) is 0 Å². The van der Waals surface area contributed by atoms with E-state index in [1.807, 2.05) is 6.07 Å². The zero-order valence-corrected chi connectivity index (χ0v) is 14.5. The molecule has 0 atom stereocenters. The number of fused-ring (bicyclic) bond motifs is 1. The van der Waals surface area contributed by atoms with E-state index >= 15 is 0 Å². The van der Waals surface area contributed by atoms with Crippen LogP contribution in [0.3, 0.4) is 0 Å². The van der Waals surface area contributed by atoms with Gasteiger partial charge in [0.05, 0.1) is 11.5 Å². The lowest BCUT2D eigenvalue weighted by Gasteiger charge is -2.30. The molecule has 3 rings (SSSR count). The van der Waals surface area contributed by atoms with Crippen molar-refractivity contribution in [1.29, 1.82) is 0 Å². The second-order valence-electron chi connectivity index (χ2n) is 5.71. The highest BCUT2D eigenvalue weighted by Gasteiger charge is 2.27. The molecule has 2 aromatic rings. The first kappa shape index (κ1) is 17.1. The molecule has 1 aliphatic heterocycles. The number of carbonyl (C=O) groups is 2. The normalized spacial score (nSPS) is 15.8. The minimum Gasteiger partial charge on any atom is -0.481 e. The number of carboxylic acids is 1. The number of likely N-dealkylation sites (tertiary alicyclic amines) is 1. The number of oxazole rings is 1. The molecule has 0 bridgehead atoms. The summed E-state index contributed by atoms with van der Waals surface area (Å²) in [5.41, 5.74) is 1.47. The summed E-state index contributed by atoms with van der Waals surface area (Å²) in [6, 6.07) is 5.36. The minimum absolute atomic E-state index is 0.0101. The Morgan fingerprint density at radius 1 is 1.33 bits per heavy atom. The van der Waals surface area contributed by atoms with E-state index in [0.717, 1.165) is 35.7 Å². The molecule has 1 fully saturated rings. The summed E-state index contributed by atoms with van der Waals surface area (Å²) in [7, 11) is 0. The van der Waals surface area contributed by atoms with Crippen LogP contribution in [-0.4, -0.2) is 51.5 Å². The number of amides is 1. The van der Waals surface area contributed by atoms with E-state index in [-0.39, 0.29) is 23.3 Å². The summed E-state index contributed by atoms with van der Waals surface area (Å²) >= 11 is 7.09. The standard InChI is InChI=1S/C16H17ClN2O4S/c17-11-1-2-13-12(7-11)18-16(23-13)10-3-5-19(6-4-10)14(20)8-24-9-15(21)22/h1-2,7,10H,3-6,8-9H2,(H,21,22). The summed E-state index contributed by atoms with van der Waals surface area (Å²) in [5, 5.41) is 9.23. The van der Waals surface area contributed by atoms with Crippen molar-refractivity contribution in [2.45, 2.75) is 18.8 Å². The molecular weight excluding hydrogens is 352 g/mol. The first-order valence-corrected chi connectivity index (χ1v) is 9.19. The number of hydrogen-bond acceptors (Lipinski definition) is 5. The summed E-state index contributed by atoms with van der Waals surface area (Å²) in [4.78, 5) is 28.8. The Kier molecular flexibility index (Phi) is 5.30. The maximum absolute atomic E-state index is 12.1. The van der Waals surface area contributed by atoms with E-state index in [9.17, 15) is 9.59 Å². The number of hydrogen-bond donors (Lipinski definition) is 1. The molecule has 1 saturated heterocycles. The number of carboxylic acid groups (broad SMARTS) is 1. The van der Waals surface area contributed by atoms with Gasteiger partial charge in [-0.2, -0.15) is 0 Å². The van der Waals surface area contributed by atoms with Crippen molar-refractivity contribution in [1.82, 2.24) is 9.88 Å². The monoisotopic (exact) mass is 368 g/mol. The molecular formula is C16H17ClN2O4S. The van der Waals surface area contributed by atoms with E-state index < -0.39 is 5.97 Å². The summed E-state index contributed by atoms with van der Waals surface area (Å²) < 4.78 is 5.81. The van der Waals surface area contributed by atoms with E-state index in [2.05, 4.69) is 4.98 Å². The lowest BCUT2D eigenvalue weighted by atomic mass is 9.97. The number of thioether (sulfide) groups is 1. The fourth-order valence-corrected chi connectivity index (χ4v) is 3.59. The number of rotatable bonds is 5. The van der Waals surface area contributed by atoms with E-state index in [1.54, 1.807) is 17.0 Å². The van der Waals surface area contributed by atoms with Crippen LogP contribution in [-0.2, 0) is 9.59 Å². The Morgan fingerprint density at radius 3 is 2.79 bits per heavy atom. The van der Waals surface area contributed by atoms with Gasteiger partial charge in [0, 0.05) is 24.0 Å². The zero-order valence-electron chi connectivity index (χ0n) is 12.9. The third-order valence-electron chi connectivity index (χ3n) is 4.01. The maximum atomic E-state index is 12.1. The highest BCUT2D eigenvalue weighted by atomic mass is 35.5. The third kappa shape index (κ3) is 4.02. The molecule has 24 heavy (non-hydrogen) atoms. The molecule has 8 heteroatoms. The van der Waals surface area contributed by atoms with Crippen LogP contribution in [0.15, 0.2) is 22.6 Å². The van der Waals surface area contributed by atoms with Gasteiger partial charge in [0.1, 0.15) is 5.52 Å². The molecule has 128 valence electrons.